The van der Waals surface area contributed by atoms with Crippen molar-refractivity contribution in [3.63, 3.8) is 0 Å². The van der Waals surface area contributed by atoms with Crippen LogP contribution < -0.4 is 15.5 Å². The zero-order valence-corrected chi connectivity index (χ0v) is 9.11. The summed E-state index contributed by atoms with van der Waals surface area (Å²) in [6.45, 7) is 3.67. The molecule has 0 amide bonds. The summed E-state index contributed by atoms with van der Waals surface area (Å²) in [5, 5.41) is 6.94. The number of piperazine rings is 1. The van der Waals surface area contributed by atoms with E-state index in [1.807, 2.05) is 12.1 Å². The topological polar surface area (TPSA) is 42.5 Å². The first-order valence-corrected chi connectivity index (χ1v) is 5.77. The van der Waals surface area contributed by atoms with Crippen LogP contribution in [0.15, 0.2) is 24.3 Å². The van der Waals surface area contributed by atoms with Crippen LogP contribution in [0.1, 0.15) is 11.5 Å². The summed E-state index contributed by atoms with van der Waals surface area (Å²) in [5.41, 5.74) is 1.25. The Hall–Kier alpha value is -1.10. The van der Waals surface area contributed by atoms with Gasteiger partial charge in [-0.1, -0.05) is 18.2 Å². The van der Waals surface area contributed by atoms with Gasteiger partial charge in [-0.3, -0.25) is 0 Å². The highest BCUT2D eigenvalue weighted by Crippen LogP contribution is 2.33. The van der Waals surface area contributed by atoms with E-state index in [4.69, 9.17) is 9.78 Å². The number of fused-ring (bicyclic) bond motifs is 1. The van der Waals surface area contributed by atoms with Gasteiger partial charge in [0.1, 0.15) is 6.61 Å². The maximum Gasteiger partial charge on any atom is 0.169 e. The highest BCUT2D eigenvalue weighted by molar-refractivity contribution is 5.38. The molecule has 1 fully saturated rings. The average molecular weight is 220 g/mol. The molecule has 2 atom stereocenters. The first-order chi connectivity index (χ1) is 7.95. The zero-order chi connectivity index (χ0) is 10.8. The van der Waals surface area contributed by atoms with Gasteiger partial charge >= 0.3 is 0 Å². The van der Waals surface area contributed by atoms with Gasteiger partial charge in [-0.05, 0) is 6.07 Å². The molecule has 0 radical (unpaired) electrons. The van der Waals surface area contributed by atoms with Gasteiger partial charge in [0.05, 0.1) is 0 Å². The zero-order valence-electron chi connectivity index (χ0n) is 9.11. The molecule has 1 aromatic rings. The first kappa shape index (κ1) is 10.1. The Labute approximate surface area is 94.9 Å². The van der Waals surface area contributed by atoms with Crippen LogP contribution in [0.3, 0.4) is 0 Å². The molecule has 2 N–H and O–H groups in total. The van der Waals surface area contributed by atoms with Gasteiger partial charge < -0.3 is 15.5 Å². The van der Waals surface area contributed by atoms with E-state index in [-0.39, 0.29) is 0 Å². The third kappa shape index (κ3) is 1.80. The highest BCUT2D eigenvalue weighted by atomic mass is 17.2. The van der Waals surface area contributed by atoms with Gasteiger partial charge in [-0.2, -0.15) is 4.89 Å². The lowest BCUT2D eigenvalue weighted by molar-refractivity contribution is -0.223. The molecular formula is C12H16N2O2. The lowest BCUT2D eigenvalue weighted by Crippen LogP contribution is -2.52. The maximum absolute atomic E-state index is 5.20. The Bertz CT molecular complexity index is 364. The van der Waals surface area contributed by atoms with Crippen molar-refractivity contribution in [2.24, 2.45) is 0 Å². The Balaban J connectivity index is 1.86. The minimum Gasteiger partial charge on any atom is -0.337 e. The SMILES string of the molecule is c1ccc2c(c1)OOCC2C1CNCCN1. The Morgan fingerprint density at radius 2 is 2.12 bits per heavy atom. The predicted octanol–water partition coefficient (Wildman–Crippen LogP) is 0.656. The second-order valence-corrected chi connectivity index (χ2v) is 4.28. The minimum absolute atomic E-state index is 0.373. The van der Waals surface area contributed by atoms with Gasteiger partial charge in [-0.25, -0.2) is 0 Å². The number of benzene rings is 1. The molecule has 0 spiro atoms. The third-order valence-corrected chi connectivity index (χ3v) is 3.27. The summed E-state index contributed by atoms with van der Waals surface area (Å²) in [5.74, 6) is 1.23. The molecule has 0 saturated carbocycles. The summed E-state index contributed by atoms with van der Waals surface area (Å²) >= 11 is 0. The van der Waals surface area contributed by atoms with Crippen LogP contribution in [0, 0.1) is 0 Å². The van der Waals surface area contributed by atoms with Crippen molar-refractivity contribution in [3.05, 3.63) is 29.8 Å². The lowest BCUT2D eigenvalue weighted by atomic mass is 9.90. The third-order valence-electron chi connectivity index (χ3n) is 3.27. The molecule has 2 aliphatic rings. The van der Waals surface area contributed by atoms with E-state index >= 15 is 0 Å². The van der Waals surface area contributed by atoms with E-state index in [1.165, 1.54) is 5.56 Å². The van der Waals surface area contributed by atoms with Crippen molar-refractivity contribution in [2.75, 3.05) is 26.2 Å². The van der Waals surface area contributed by atoms with E-state index < -0.39 is 0 Å². The molecule has 2 unspecified atom stereocenters. The molecule has 0 aromatic heterocycles. The number of nitrogens with one attached hydrogen (secondary N) is 2. The molecule has 1 saturated heterocycles. The van der Waals surface area contributed by atoms with Crippen molar-refractivity contribution in [1.29, 1.82) is 0 Å². The van der Waals surface area contributed by atoms with Crippen LogP contribution in [0.4, 0.5) is 0 Å². The molecule has 2 aliphatic heterocycles. The molecule has 16 heavy (non-hydrogen) atoms. The largest absolute Gasteiger partial charge is 0.337 e. The summed E-state index contributed by atoms with van der Waals surface area (Å²) in [6, 6.07) is 8.53. The van der Waals surface area contributed by atoms with E-state index in [1.54, 1.807) is 0 Å². The standard InChI is InChI=1S/C12H16N2O2/c1-2-4-12-9(3-1)10(8-15-16-12)11-7-13-5-6-14-11/h1-4,10-11,13-14H,5-8H2. The quantitative estimate of drug-likeness (QED) is 0.682. The summed E-state index contributed by atoms with van der Waals surface area (Å²) in [6.07, 6.45) is 0. The first-order valence-electron chi connectivity index (χ1n) is 5.77. The van der Waals surface area contributed by atoms with Crippen molar-refractivity contribution in [1.82, 2.24) is 10.6 Å². The molecule has 4 heteroatoms. The molecule has 0 aliphatic carbocycles. The van der Waals surface area contributed by atoms with E-state index in [2.05, 4.69) is 22.8 Å². The van der Waals surface area contributed by atoms with Crippen molar-refractivity contribution >= 4 is 0 Å². The van der Waals surface area contributed by atoms with Gasteiger partial charge in [0.15, 0.2) is 5.75 Å². The van der Waals surface area contributed by atoms with Crippen molar-refractivity contribution < 1.29 is 9.78 Å². The van der Waals surface area contributed by atoms with E-state index in [9.17, 15) is 0 Å². The van der Waals surface area contributed by atoms with Crippen molar-refractivity contribution in [3.8, 4) is 5.75 Å². The van der Waals surface area contributed by atoms with Gasteiger partial charge in [0.2, 0.25) is 0 Å². The van der Waals surface area contributed by atoms with Crippen LogP contribution >= 0.6 is 0 Å². The van der Waals surface area contributed by atoms with Crippen LogP contribution in [-0.2, 0) is 4.89 Å². The summed E-state index contributed by atoms with van der Waals surface area (Å²) in [4.78, 5) is 10.4. The molecule has 3 rings (SSSR count). The number of para-hydroxylation sites is 1. The fraction of sp³-hybridized carbons (Fsp3) is 0.500. The maximum atomic E-state index is 5.20. The van der Waals surface area contributed by atoms with Crippen LogP contribution in [-0.4, -0.2) is 32.3 Å². The minimum atomic E-state index is 0.373. The molecule has 4 nitrogen and oxygen atoms in total. The second-order valence-electron chi connectivity index (χ2n) is 4.28. The van der Waals surface area contributed by atoms with E-state index in [0.29, 0.717) is 18.6 Å². The van der Waals surface area contributed by atoms with Gasteiger partial charge in [-0.15, -0.1) is 0 Å². The van der Waals surface area contributed by atoms with Crippen molar-refractivity contribution in [2.45, 2.75) is 12.0 Å². The van der Waals surface area contributed by atoms with Crippen LogP contribution in [0.5, 0.6) is 5.75 Å². The fourth-order valence-electron chi connectivity index (χ4n) is 2.42. The molecule has 0 bridgehead atoms. The Morgan fingerprint density at radius 3 is 3.00 bits per heavy atom. The normalized spacial score (nSPS) is 29.2. The molecule has 86 valence electrons. The Kier molecular flexibility index (Phi) is 2.78. The Morgan fingerprint density at radius 1 is 1.19 bits per heavy atom. The smallest absolute Gasteiger partial charge is 0.169 e. The van der Waals surface area contributed by atoms with E-state index in [0.717, 1.165) is 25.4 Å². The monoisotopic (exact) mass is 220 g/mol. The van der Waals surface area contributed by atoms with Gasteiger partial charge in [0, 0.05) is 37.2 Å². The summed E-state index contributed by atoms with van der Waals surface area (Å²) < 4.78 is 0. The molecular weight excluding hydrogens is 204 g/mol. The lowest BCUT2D eigenvalue weighted by Gasteiger charge is -2.34. The second kappa shape index (κ2) is 4.41. The fourth-order valence-corrected chi connectivity index (χ4v) is 2.42. The van der Waals surface area contributed by atoms with Crippen LogP contribution in [0.25, 0.3) is 0 Å². The predicted molar refractivity (Wildman–Crippen MR) is 60.4 cm³/mol. The highest BCUT2D eigenvalue weighted by Gasteiger charge is 2.30. The van der Waals surface area contributed by atoms with Gasteiger partial charge in [0.25, 0.3) is 0 Å². The molecule has 2 heterocycles. The van der Waals surface area contributed by atoms with Crippen LogP contribution in [0.2, 0.25) is 0 Å². The average Bonchev–Trinajstić information content (AvgIpc) is 2.39. The number of rotatable bonds is 1. The number of hydrogen-bond donors (Lipinski definition) is 2. The summed E-state index contributed by atoms with van der Waals surface area (Å²) in [7, 11) is 0. The number of hydrogen-bond acceptors (Lipinski definition) is 4. The molecule has 1 aromatic carbocycles.